The molecule has 3 aliphatic carbocycles. The standard InChI is InChI=1S/C25H35NO/c1-3-18(20-7-5-15-26-17-20)9-10-19-6-4-8-24-23(19)12-11-21-16-22(27)13-14-25(21,24)2/h5,7,9,11,15,17,19,22-24,27H,3-4,6,8,10,12-14,16H2,1-2H3/b18-9+/t19?,22-,23-,24?,25-/m0/s1. The highest BCUT2D eigenvalue weighted by atomic mass is 16.3. The lowest BCUT2D eigenvalue weighted by atomic mass is 9.51. The molecule has 0 amide bonds. The number of hydrogen-bond donors (Lipinski definition) is 1. The van der Waals surface area contributed by atoms with Crippen molar-refractivity contribution in [3.63, 3.8) is 0 Å². The minimum Gasteiger partial charge on any atom is -0.393 e. The second kappa shape index (κ2) is 7.91. The molecule has 0 spiro atoms. The first-order valence-corrected chi connectivity index (χ1v) is 11.1. The van der Waals surface area contributed by atoms with Crippen molar-refractivity contribution in [1.29, 1.82) is 0 Å². The highest BCUT2D eigenvalue weighted by Gasteiger charge is 2.49. The number of allylic oxidation sites excluding steroid dienone is 3. The van der Waals surface area contributed by atoms with Gasteiger partial charge in [0.1, 0.15) is 0 Å². The molecule has 1 N–H and O–H groups in total. The smallest absolute Gasteiger partial charge is 0.0577 e. The van der Waals surface area contributed by atoms with Crippen LogP contribution >= 0.6 is 0 Å². The van der Waals surface area contributed by atoms with Crippen molar-refractivity contribution in [2.75, 3.05) is 0 Å². The van der Waals surface area contributed by atoms with Crippen molar-refractivity contribution in [1.82, 2.24) is 4.98 Å². The lowest BCUT2D eigenvalue weighted by Gasteiger charge is -2.54. The molecule has 2 fully saturated rings. The van der Waals surface area contributed by atoms with Crippen molar-refractivity contribution in [3.05, 3.63) is 47.8 Å². The maximum atomic E-state index is 10.1. The largest absolute Gasteiger partial charge is 0.393 e. The number of pyridine rings is 1. The number of fused-ring (bicyclic) bond motifs is 3. The molecule has 2 saturated carbocycles. The van der Waals surface area contributed by atoms with Crippen LogP contribution in [0.4, 0.5) is 0 Å². The van der Waals surface area contributed by atoms with Crippen LogP contribution in [-0.2, 0) is 0 Å². The zero-order valence-electron chi connectivity index (χ0n) is 17.0. The summed E-state index contributed by atoms with van der Waals surface area (Å²) in [5.41, 5.74) is 4.65. The monoisotopic (exact) mass is 365 g/mol. The van der Waals surface area contributed by atoms with Gasteiger partial charge in [0.2, 0.25) is 0 Å². The molecule has 2 heteroatoms. The second-order valence-corrected chi connectivity index (χ2v) is 9.30. The predicted octanol–water partition coefficient (Wildman–Crippen LogP) is 6.18. The second-order valence-electron chi connectivity index (χ2n) is 9.30. The van der Waals surface area contributed by atoms with Crippen LogP contribution in [-0.4, -0.2) is 16.2 Å². The van der Waals surface area contributed by atoms with E-state index >= 15 is 0 Å². The van der Waals surface area contributed by atoms with Gasteiger partial charge in [-0.2, -0.15) is 0 Å². The van der Waals surface area contributed by atoms with Gasteiger partial charge in [-0.15, -0.1) is 0 Å². The Morgan fingerprint density at radius 3 is 3.00 bits per heavy atom. The summed E-state index contributed by atoms with van der Waals surface area (Å²) >= 11 is 0. The van der Waals surface area contributed by atoms with Gasteiger partial charge in [0.25, 0.3) is 0 Å². The minimum atomic E-state index is -0.102. The molecule has 146 valence electrons. The summed E-state index contributed by atoms with van der Waals surface area (Å²) in [7, 11) is 0. The van der Waals surface area contributed by atoms with E-state index in [1.54, 1.807) is 5.57 Å². The molecule has 4 rings (SSSR count). The van der Waals surface area contributed by atoms with Gasteiger partial charge in [0.15, 0.2) is 0 Å². The van der Waals surface area contributed by atoms with E-state index < -0.39 is 0 Å². The van der Waals surface area contributed by atoms with Crippen molar-refractivity contribution < 1.29 is 5.11 Å². The molecule has 3 aliphatic rings. The van der Waals surface area contributed by atoms with E-state index in [0.29, 0.717) is 5.41 Å². The molecule has 2 nitrogen and oxygen atoms in total. The third kappa shape index (κ3) is 3.66. The summed E-state index contributed by atoms with van der Waals surface area (Å²) in [5.74, 6) is 2.45. The van der Waals surface area contributed by atoms with Crippen LogP contribution in [0.15, 0.2) is 42.3 Å². The SMILES string of the molecule is CC/C(=C\CC1CCCC2[C@H]1CC=C1C[C@@H](O)CC[C@@]12C)c1cccnc1. The zero-order valence-corrected chi connectivity index (χ0v) is 17.0. The molecule has 1 aromatic heterocycles. The van der Waals surface area contributed by atoms with Gasteiger partial charge in [-0.1, -0.05) is 44.1 Å². The highest BCUT2D eigenvalue weighted by molar-refractivity contribution is 5.64. The Morgan fingerprint density at radius 1 is 1.33 bits per heavy atom. The van der Waals surface area contributed by atoms with Gasteiger partial charge >= 0.3 is 0 Å². The molecular weight excluding hydrogens is 330 g/mol. The first-order valence-electron chi connectivity index (χ1n) is 11.1. The van der Waals surface area contributed by atoms with Gasteiger partial charge in [0, 0.05) is 12.4 Å². The fourth-order valence-corrected chi connectivity index (χ4v) is 6.34. The molecule has 27 heavy (non-hydrogen) atoms. The summed E-state index contributed by atoms with van der Waals surface area (Å²) in [6, 6.07) is 4.23. The Kier molecular flexibility index (Phi) is 5.55. The third-order valence-corrected chi connectivity index (χ3v) is 7.93. The van der Waals surface area contributed by atoms with Crippen molar-refractivity contribution in [2.45, 2.75) is 77.7 Å². The van der Waals surface area contributed by atoms with Crippen molar-refractivity contribution in [3.8, 4) is 0 Å². The van der Waals surface area contributed by atoms with E-state index in [4.69, 9.17) is 0 Å². The predicted molar refractivity (Wildman–Crippen MR) is 112 cm³/mol. The van der Waals surface area contributed by atoms with Crippen molar-refractivity contribution >= 4 is 5.57 Å². The number of hydrogen-bond acceptors (Lipinski definition) is 2. The van der Waals surface area contributed by atoms with E-state index in [1.807, 2.05) is 18.5 Å². The van der Waals surface area contributed by atoms with E-state index in [9.17, 15) is 5.11 Å². The van der Waals surface area contributed by atoms with Crippen LogP contribution in [0, 0.1) is 23.2 Å². The van der Waals surface area contributed by atoms with E-state index in [1.165, 1.54) is 49.7 Å². The summed E-state index contributed by atoms with van der Waals surface area (Å²) in [4.78, 5) is 4.31. The number of rotatable bonds is 4. The van der Waals surface area contributed by atoms with Crippen molar-refractivity contribution in [2.24, 2.45) is 23.2 Å². The minimum absolute atomic E-state index is 0.102. The van der Waals surface area contributed by atoms with Crippen LogP contribution in [0.5, 0.6) is 0 Å². The first-order chi connectivity index (χ1) is 13.1. The van der Waals surface area contributed by atoms with Crippen LogP contribution < -0.4 is 0 Å². The Hall–Kier alpha value is -1.41. The fraction of sp³-hybridized carbons (Fsp3) is 0.640. The van der Waals surface area contributed by atoms with Crippen LogP contribution in [0.1, 0.15) is 77.2 Å². The van der Waals surface area contributed by atoms with E-state index in [-0.39, 0.29) is 6.10 Å². The normalized spacial score (nSPS) is 36.6. The highest BCUT2D eigenvalue weighted by Crippen LogP contribution is 2.58. The van der Waals surface area contributed by atoms with Gasteiger partial charge in [-0.3, -0.25) is 4.98 Å². The average molecular weight is 366 g/mol. The quantitative estimate of drug-likeness (QED) is 0.646. The summed E-state index contributed by atoms with van der Waals surface area (Å²) in [6.45, 7) is 4.76. The van der Waals surface area contributed by atoms with Crippen LogP contribution in [0.2, 0.25) is 0 Å². The molecule has 0 aromatic carbocycles. The average Bonchev–Trinajstić information content (AvgIpc) is 2.70. The lowest BCUT2D eigenvalue weighted by molar-refractivity contribution is 0.00910. The number of nitrogens with zero attached hydrogens (tertiary/aromatic N) is 1. The maximum absolute atomic E-state index is 10.1. The van der Waals surface area contributed by atoms with Gasteiger partial charge in [-0.25, -0.2) is 0 Å². The zero-order chi connectivity index (χ0) is 18.9. The molecule has 0 radical (unpaired) electrons. The third-order valence-electron chi connectivity index (χ3n) is 7.93. The molecular formula is C25H35NO. The molecule has 1 aromatic rings. The topological polar surface area (TPSA) is 33.1 Å². The Labute approximate surface area is 164 Å². The number of aliphatic hydroxyl groups is 1. The van der Waals surface area contributed by atoms with E-state index in [0.717, 1.165) is 37.0 Å². The first kappa shape index (κ1) is 18.9. The lowest BCUT2D eigenvalue weighted by Crippen LogP contribution is -2.45. The van der Waals surface area contributed by atoms with Gasteiger partial charge in [0.05, 0.1) is 6.10 Å². The Bertz CT molecular complexity index is 706. The summed E-state index contributed by atoms with van der Waals surface area (Å²) in [5, 5.41) is 10.1. The fourth-order valence-electron chi connectivity index (χ4n) is 6.34. The summed E-state index contributed by atoms with van der Waals surface area (Å²) in [6.07, 6.45) is 19.5. The molecule has 2 unspecified atom stereocenters. The van der Waals surface area contributed by atoms with E-state index in [2.05, 4.69) is 37.0 Å². The summed E-state index contributed by atoms with van der Waals surface area (Å²) < 4.78 is 0. The number of aromatic nitrogens is 1. The molecule has 1 heterocycles. The molecule has 0 saturated heterocycles. The van der Waals surface area contributed by atoms with Crippen LogP contribution in [0.25, 0.3) is 5.57 Å². The van der Waals surface area contributed by atoms with Gasteiger partial charge in [-0.05, 0) is 91.7 Å². The number of aliphatic hydroxyl groups excluding tert-OH is 1. The Balaban J connectivity index is 1.53. The van der Waals surface area contributed by atoms with Gasteiger partial charge < -0.3 is 5.11 Å². The van der Waals surface area contributed by atoms with Crippen LogP contribution in [0.3, 0.4) is 0 Å². The molecule has 0 bridgehead atoms. The Morgan fingerprint density at radius 2 is 2.22 bits per heavy atom. The molecule has 5 atom stereocenters. The molecule has 0 aliphatic heterocycles. The maximum Gasteiger partial charge on any atom is 0.0577 e.